The summed E-state index contributed by atoms with van der Waals surface area (Å²) in [6, 6.07) is 8.94. The van der Waals surface area contributed by atoms with Crippen LogP contribution in [-0.4, -0.2) is 32.0 Å². The Morgan fingerprint density at radius 1 is 1.27 bits per heavy atom. The molecule has 0 amide bonds. The molecule has 1 saturated heterocycles. The van der Waals surface area contributed by atoms with Crippen molar-refractivity contribution in [3.63, 3.8) is 0 Å². The number of nitrogens with zero attached hydrogens (tertiary/aromatic N) is 2. The quantitative estimate of drug-likeness (QED) is 0.421. The average Bonchev–Trinajstić information content (AvgIpc) is 2.85. The average molecular weight is 348 g/mol. The number of hydrogen-bond donors (Lipinski definition) is 0. The molecule has 2 atom stereocenters. The van der Waals surface area contributed by atoms with Crippen LogP contribution in [-0.2, 0) is 21.2 Å². The fourth-order valence-electron chi connectivity index (χ4n) is 2.47. The summed E-state index contributed by atoms with van der Waals surface area (Å²) in [6.07, 6.45) is 4.19. The van der Waals surface area contributed by atoms with E-state index >= 15 is 0 Å². The largest absolute Gasteiger partial charge is 3.00 e. The molecule has 1 aliphatic heterocycles. The third-order valence-electron chi connectivity index (χ3n) is 3.50. The van der Waals surface area contributed by atoms with Crippen LogP contribution in [0.4, 0.5) is 5.69 Å². The third-order valence-corrected chi connectivity index (χ3v) is 3.50. The normalized spacial score (nSPS) is 20.4. The van der Waals surface area contributed by atoms with Gasteiger partial charge in [0.1, 0.15) is 0 Å². The second kappa shape index (κ2) is 11.8. The Hall–Kier alpha value is -0.696. The van der Waals surface area contributed by atoms with Crippen LogP contribution in [0.25, 0.3) is 5.32 Å². The minimum Gasteiger partial charge on any atom is -0.650 e. The van der Waals surface area contributed by atoms with E-state index in [1.165, 1.54) is 5.56 Å². The molecule has 3 nitrogen and oxygen atoms in total. The molecule has 22 heavy (non-hydrogen) atoms. The van der Waals surface area contributed by atoms with Crippen molar-refractivity contribution in [2.24, 2.45) is 4.99 Å². The third kappa shape index (κ3) is 6.60. The fraction of sp³-hybridized carbons (Fsp3) is 0.500. The Kier molecular flexibility index (Phi) is 12.7. The summed E-state index contributed by atoms with van der Waals surface area (Å²) in [5, 5.41) is 4.69. The number of aliphatic imine (C=N–C) groups is 1. The number of benzene rings is 1. The summed E-state index contributed by atoms with van der Waals surface area (Å²) in [7, 11) is 1.73. The summed E-state index contributed by atoms with van der Waals surface area (Å²) in [5.41, 5.74) is 2.37. The zero-order valence-electron chi connectivity index (χ0n) is 14.4. The maximum atomic E-state index is 5.15. The smallest absolute Gasteiger partial charge is 0.650 e. The molecule has 1 aliphatic rings. The second-order valence-electron chi connectivity index (χ2n) is 5.39. The molecule has 1 aromatic rings. The predicted molar refractivity (Wildman–Crippen MR) is 93.6 cm³/mol. The van der Waals surface area contributed by atoms with Gasteiger partial charge in [-0.05, 0) is 23.8 Å². The van der Waals surface area contributed by atoms with E-state index in [-0.39, 0.29) is 37.4 Å². The molecule has 0 saturated carbocycles. The fourth-order valence-corrected chi connectivity index (χ4v) is 2.47. The van der Waals surface area contributed by atoms with Crippen LogP contribution in [0.2, 0.25) is 0 Å². The van der Waals surface area contributed by atoms with Gasteiger partial charge in [0.15, 0.2) is 0 Å². The van der Waals surface area contributed by atoms with Crippen molar-refractivity contribution in [1.29, 1.82) is 0 Å². The van der Waals surface area contributed by atoms with Crippen LogP contribution in [0.15, 0.2) is 29.3 Å². The Bertz CT molecular complexity index is 435. The van der Waals surface area contributed by atoms with Gasteiger partial charge in [-0.15, -0.1) is 6.04 Å². The van der Waals surface area contributed by atoms with Crippen molar-refractivity contribution in [1.82, 2.24) is 0 Å². The Morgan fingerprint density at radius 2 is 1.95 bits per heavy atom. The maximum Gasteiger partial charge on any atom is 3.00 e. The molecule has 1 aromatic carbocycles. The first-order valence-electron chi connectivity index (χ1n) is 7.02. The van der Waals surface area contributed by atoms with E-state index < -0.39 is 0 Å². The first kappa shape index (κ1) is 23.6. The van der Waals surface area contributed by atoms with Gasteiger partial charge in [0, 0.05) is 13.7 Å². The zero-order chi connectivity index (χ0) is 13.7. The Labute approximate surface area is 146 Å². The monoisotopic (exact) mass is 347 g/mol. The minimum atomic E-state index is 0. The number of methoxy groups -OCH3 is 1. The van der Waals surface area contributed by atoms with Gasteiger partial charge in [0.05, 0.1) is 5.69 Å². The van der Waals surface area contributed by atoms with Crippen molar-refractivity contribution in [2.75, 3.05) is 13.7 Å². The summed E-state index contributed by atoms with van der Waals surface area (Å²) in [6.45, 7) is 5.12. The van der Waals surface area contributed by atoms with E-state index in [4.69, 9.17) is 10.1 Å². The van der Waals surface area contributed by atoms with Crippen LogP contribution >= 0.6 is 0 Å². The molecule has 1 radical (unpaired) electrons. The van der Waals surface area contributed by atoms with E-state index in [0.717, 1.165) is 25.1 Å². The molecular formula is C18H29N2NiO. The Balaban J connectivity index is 0. The van der Waals surface area contributed by atoms with Gasteiger partial charge in [-0.2, -0.15) is 0 Å². The van der Waals surface area contributed by atoms with E-state index in [1.807, 2.05) is 12.3 Å². The first-order chi connectivity index (χ1) is 9.20. The molecule has 0 aliphatic carbocycles. The van der Waals surface area contributed by atoms with Crippen molar-refractivity contribution in [3.8, 4) is 0 Å². The molecule has 0 aromatic heterocycles. The molecule has 2 rings (SSSR count). The number of rotatable bonds is 5. The molecule has 1 fully saturated rings. The Morgan fingerprint density at radius 3 is 2.59 bits per heavy atom. The summed E-state index contributed by atoms with van der Waals surface area (Å²) >= 11 is 0. The van der Waals surface area contributed by atoms with Crippen LogP contribution in [0.1, 0.15) is 38.2 Å². The van der Waals surface area contributed by atoms with Crippen molar-refractivity contribution >= 4 is 11.9 Å². The standard InChI is InChI=1S/C16H23N2O.2CH3.Ni/c1-12(2)15-6-4-5-7-16(15)17-10-13-8-9-14(18-13)11-19-3;;;/h4-7,10,12-14H,8-9,11H2,1-3H3;2*1H3;/q3*-1;+3. The zero-order valence-corrected chi connectivity index (χ0v) is 15.3. The van der Waals surface area contributed by atoms with Crippen molar-refractivity contribution in [3.05, 3.63) is 50.0 Å². The summed E-state index contributed by atoms with van der Waals surface area (Å²) in [4.78, 5) is 4.64. The molecular weight excluding hydrogens is 319 g/mol. The van der Waals surface area contributed by atoms with Crippen molar-refractivity contribution in [2.45, 2.75) is 44.7 Å². The van der Waals surface area contributed by atoms with Crippen molar-refractivity contribution < 1.29 is 21.2 Å². The van der Waals surface area contributed by atoms with Crippen LogP contribution < -0.4 is 0 Å². The molecule has 0 bridgehead atoms. The first-order valence-corrected chi connectivity index (χ1v) is 7.02. The van der Waals surface area contributed by atoms with Gasteiger partial charge in [0.2, 0.25) is 0 Å². The van der Waals surface area contributed by atoms with Gasteiger partial charge >= 0.3 is 16.5 Å². The molecule has 0 spiro atoms. The van der Waals surface area contributed by atoms with Gasteiger partial charge in [-0.25, -0.2) is 0 Å². The van der Waals surface area contributed by atoms with E-state index in [1.54, 1.807) is 7.11 Å². The molecule has 4 heteroatoms. The topological polar surface area (TPSA) is 35.7 Å². The number of hydrogen-bond acceptors (Lipinski definition) is 2. The van der Waals surface area contributed by atoms with Crippen LogP contribution in [0, 0.1) is 14.9 Å². The number of ether oxygens (including phenoxy) is 1. The summed E-state index contributed by atoms with van der Waals surface area (Å²) < 4.78 is 5.15. The van der Waals surface area contributed by atoms with Gasteiger partial charge in [-0.1, -0.05) is 50.9 Å². The predicted octanol–water partition coefficient (Wildman–Crippen LogP) is 4.96. The van der Waals surface area contributed by atoms with Crippen LogP contribution in [0.3, 0.4) is 0 Å². The van der Waals surface area contributed by atoms with E-state index in [0.29, 0.717) is 12.0 Å². The SMILES string of the molecule is COCC1CCC(C=Nc2ccccc2C(C)C)[N-]1.[CH3-].[CH3-].[Ni+3]. The van der Waals surface area contributed by atoms with E-state index in [9.17, 15) is 0 Å². The molecule has 1 heterocycles. The van der Waals surface area contributed by atoms with Crippen LogP contribution in [0.5, 0.6) is 0 Å². The molecule has 2 unspecified atom stereocenters. The van der Waals surface area contributed by atoms with E-state index in [2.05, 4.69) is 37.0 Å². The second-order valence-corrected chi connectivity index (χ2v) is 5.39. The van der Waals surface area contributed by atoms with Gasteiger partial charge in [-0.3, -0.25) is 4.99 Å². The molecule has 0 N–H and O–H groups in total. The summed E-state index contributed by atoms with van der Waals surface area (Å²) in [5.74, 6) is 0.495. The van der Waals surface area contributed by atoms with Gasteiger partial charge < -0.3 is 24.9 Å². The maximum absolute atomic E-state index is 5.15. The van der Waals surface area contributed by atoms with Gasteiger partial charge in [0.25, 0.3) is 0 Å². The minimum absolute atomic E-state index is 0. The number of para-hydroxylation sites is 1. The molecule has 127 valence electrons.